The van der Waals surface area contributed by atoms with E-state index in [1.807, 2.05) is 0 Å². The van der Waals surface area contributed by atoms with Gasteiger partial charge in [0.05, 0.1) is 0 Å². The Hall–Kier alpha value is -0.180. The van der Waals surface area contributed by atoms with Crippen LogP contribution in [0.1, 0.15) is 32.1 Å². The second-order valence-corrected chi connectivity index (χ2v) is 4.16. The van der Waals surface area contributed by atoms with Crippen molar-refractivity contribution in [2.24, 2.45) is 5.92 Å². The second-order valence-electron chi connectivity index (χ2n) is 4.16. The Morgan fingerprint density at radius 1 is 1.33 bits per heavy atom. The zero-order chi connectivity index (χ0) is 8.60. The second kappa shape index (κ2) is 2.95. The summed E-state index contributed by atoms with van der Waals surface area (Å²) in [6, 6.07) is 0.533. The van der Waals surface area contributed by atoms with Crippen LogP contribution in [0.15, 0.2) is 0 Å². The lowest BCUT2D eigenvalue weighted by Gasteiger charge is -2.36. The van der Waals surface area contributed by atoms with Crippen LogP contribution in [0.25, 0.3) is 0 Å². The Kier molecular flexibility index (Phi) is 2.07. The summed E-state index contributed by atoms with van der Waals surface area (Å²) in [6.07, 6.45) is 3.63. The van der Waals surface area contributed by atoms with Crippen LogP contribution in [0.3, 0.4) is 0 Å². The molecular weight excluding hydrogens is 160 g/mol. The van der Waals surface area contributed by atoms with Gasteiger partial charge in [-0.25, -0.2) is 8.78 Å². The van der Waals surface area contributed by atoms with E-state index in [-0.39, 0.29) is 18.8 Å². The molecule has 2 fully saturated rings. The highest BCUT2D eigenvalue weighted by molar-refractivity contribution is 4.89. The van der Waals surface area contributed by atoms with Gasteiger partial charge >= 0.3 is 0 Å². The van der Waals surface area contributed by atoms with Crippen LogP contribution in [-0.4, -0.2) is 18.5 Å². The highest BCUT2D eigenvalue weighted by Crippen LogP contribution is 2.44. The molecule has 0 amide bonds. The first-order chi connectivity index (χ1) is 5.66. The molecule has 2 rings (SSSR count). The summed E-state index contributed by atoms with van der Waals surface area (Å²) in [6.45, 7) is 1.08. The zero-order valence-corrected chi connectivity index (χ0v) is 7.15. The summed E-state index contributed by atoms with van der Waals surface area (Å²) in [5.41, 5.74) is 0. The fourth-order valence-corrected chi connectivity index (χ4v) is 2.31. The van der Waals surface area contributed by atoms with Gasteiger partial charge in [-0.2, -0.15) is 0 Å². The van der Waals surface area contributed by atoms with E-state index in [0.29, 0.717) is 6.04 Å². The van der Waals surface area contributed by atoms with E-state index < -0.39 is 5.92 Å². The van der Waals surface area contributed by atoms with Crippen molar-refractivity contribution in [3.05, 3.63) is 0 Å². The smallest absolute Gasteiger partial charge is 0.248 e. The van der Waals surface area contributed by atoms with Gasteiger partial charge in [0.1, 0.15) is 0 Å². The van der Waals surface area contributed by atoms with Crippen LogP contribution in [-0.2, 0) is 0 Å². The summed E-state index contributed by atoms with van der Waals surface area (Å²) in [5.74, 6) is -2.04. The molecular formula is C9H15F2N. The molecule has 0 bridgehead atoms. The number of nitrogens with one attached hydrogen (secondary N) is 1. The SMILES string of the molecule is FC1(F)CC(CC2CCCN2)C1. The first-order valence-electron chi connectivity index (χ1n) is 4.77. The third-order valence-corrected chi connectivity index (χ3v) is 2.95. The molecule has 1 aliphatic heterocycles. The van der Waals surface area contributed by atoms with Gasteiger partial charge < -0.3 is 5.32 Å². The molecule has 0 spiro atoms. The standard InChI is InChI=1S/C9H15F2N/c10-9(11)5-7(6-9)4-8-2-1-3-12-8/h7-8,12H,1-6H2. The van der Waals surface area contributed by atoms with Crippen molar-refractivity contribution in [1.82, 2.24) is 5.32 Å². The third-order valence-electron chi connectivity index (χ3n) is 2.95. The molecule has 0 radical (unpaired) electrons. The van der Waals surface area contributed by atoms with Gasteiger partial charge in [-0.3, -0.25) is 0 Å². The van der Waals surface area contributed by atoms with Crippen molar-refractivity contribution >= 4 is 0 Å². The maximum absolute atomic E-state index is 12.4. The van der Waals surface area contributed by atoms with Crippen LogP contribution >= 0.6 is 0 Å². The molecule has 0 aromatic carbocycles. The Bertz CT molecular complexity index is 156. The van der Waals surface area contributed by atoms with E-state index in [9.17, 15) is 8.78 Å². The summed E-state index contributed by atoms with van der Waals surface area (Å²) >= 11 is 0. The number of alkyl halides is 2. The Morgan fingerprint density at radius 2 is 2.08 bits per heavy atom. The minimum absolute atomic E-state index is 0.130. The van der Waals surface area contributed by atoms with Crippen LogP contribution in [0.2, 0.25) is 0 Å². The molecule has 3 heteroatoms. The molecule has 1 saturated heterocycles. The number of hydrogen-bond acceptors (Lipinski definition) is 1. The van der Waals surface area contributed by atoms with Gasteiger partial charge in [0.2, 0.25) is 5.92 Å². The molecule has 1 N–H and O–H groups in total. The maximum atomic E-state index is 12.4. The average Bonchev–Trinajstić information content (AvgIpc) is 2.35. The van der Waals surface area contributed by atoms with Crippen LogP contribution < -0.4 is 5.32 Å². The highest BCUT2D eigenvalue weighted by Gasteiger charge is 2.45. The van der Waals surface area contributed by atoms with Crippen molar-refractivity contribution in [3.63, 3.8) is 0 Å². The quantitative estimate of drug-likeness (QED) is 0.678. The van der Waals surface area contributed by atoms with Gasteiger partial charge in [0, 0.05) is 18.9 Å². The lowest BCUT2D eigenvalue weighted by Crippen LogP contribution is -2.38. The average molecular weight is 175 g/mol. The molecule has 1 unspecified atom stereocenters. The monoisotopic (exact) mass is 175 g/mol. The topological polar surface area (TPSA) is 12.0 Å². The Balaban J connectivity index is 1.69. The molecule has 1 heterocycles. The lowest BCUT2D eigenvalue weighted by molar-refractivity contribution is -0.113. The van der Waals surface area contributed by atoms with Crippen molar-refractivity contribution in [2.45, 2.75) is 44.1 Å². The highest BCUT2D eigenvalue weighted by atomic mass is 19.3. The summed E-state index contributed by atoms with van der Waals surface area (Å²) in [7, 11) is 0. The van der Waals surface area contributed by atoms with Crippen molar-refractivity contribution in [2.75, 3.05) is 6.54 Å². The van der Waals surface area contributed by atoms with E-state index in [1.165, 1.54) is 12.8 Å². The van der Waals surface area contributed by atoms with Crippen molar-refractivity contribution in [1.29, 1.82) is 0 Å². The Labute approximate surface area is 71.5 Å². The molecule has 1 aliphatic carbocycles. The fourth-order valence-electron chi connectivity index (χ4n) is 2.31. The van der Waals surface area contributed by atoms with E-state index in [4.69, 9.17) is 0 Å². The number of rotatable bonds is 2. The van der Waals surface area contributed by atoms with Gasteiger partial charge in [0.15, 0.2) is 0 Å². The molecule has 1 saturated carbocycles. The van der Waals surface area contributed by atoms with Crippen LogP contribution in [0, 0.1) is 5.92 Å². The predicted molar refractivity (Wildman–Crippen MR) is 43.3 cm³/mol. The molecule has 0 aromatic heterocycles. The number of halogens is 2. The molecule has 2 aliphatic rings. The first kappa shape index (κ1) is 8.42. The molecule has 1 atom stereocenters. The normalized spacial score (nSPS) is 35.0. The minimum Gasteiger partial charge on any atom is -0.314 e. The van der Waals surface area contributed by atoms with Crippen LogP contribution in [0.4, 0.5) is 8.78 Å². The lowest BCUT2D eigenvalue weighted by atomic mass is 9.77. The van der Waals surface area contributed by atoms with Crippen molar-refractivity contribution < 1.29 is 8.78 Å². The van der Waals surface area contributed by atoms with Gasteiger partial charge in [0.25, 0.3) is 0 Å². The molecule has 12 heavy (non-hydrogen) atoms. The van der Waals surface area contributed by atoms with Crippen molar-refractivity contribution in [3.8, 4) is 0 Å². The molecule has 1 nitrogen and oxygen atoms in total. The maximum Gasteiger partial charge on any atom is 0.248 e. The Morgan fingerprint density at radius 3 is 2.58 bits per heavy atom. The van der Waals surface area contributed by atoms with E-state index in [0.717, 1.165) is 13.0 Å². The summed E-state index contributed by atoms with van der Waals surface area (Å²) in [5, 5.41) is 3.34. The summed E-state index contributed by atoms with van der Waals surface area (Å²) in [4.78, 5) is 0. The van der Waals surface area contributed by atoms with E-state index >= 15 is 0 Å². The zero-order valence-electron chi connectivity index (χ0n) is 7.15. The first-order valence-corrected chi connectivity index (χ1v) is 4.77. The minimum atomic E-state index is -2.33. The fraction of sp³-hybridized carbons (Fsp3) is 1.00. The predicted octanol–water partition coefficient (Wildman–Crippen LogP) is 2.17. The van der Waals surface area contributed by atoms with Crippen LogP contribution in [0.5, 0.6) is 0 Å². The van der Waals surface area contributed by atoms with E-state index in [1.54, 1.807) is 0 Å². The molecule has 70 valence electrons. The number of hydrogen-bond donors (Lipinski definition) is 1. The third kappa shape index (κ3) is 1.76. The summed E-state index contributed by atoms with van der Waals surface area (Å²) < 4.78 is 24.9. The van der Waals surface area contributed by atoms with Gasteiger partial charge in [-0.05, 0) is 31.7 Å². The molecule has 0 aromatic rings. The van der Waals surface area contributed by atoms with E-state index in [2.05, 4.69) is 5.32 Å². The largest absolute Gasteiger partial charge is 0.314 e. The van der Waals surface area contributed by atoms with Gasteiger partial charge in [-0.1, -0.05) is 0 Å². The van der Waals surface area contributed by atoms with Gasteiger partial charge in [-0.15, -0.1) is 0 Å².